The topological polar surface area (TPSA) is 23.6 Å². The van der Waals surface area contributed by atoms with Crippen molar-refractivity contribution >= 4 is 5.91 Å². The van der Waals surface area contributed by atoms with Crippen LogP contribution in [-0.2, 0) is 0 Å². The minimum atomic E-state index is -0.228. The zero-order valence-electron chi connectivity index (χ0n) is 16.6. The Balaban J connectivity index is 1.52. The summed E-state index contributed by atoms with van der Waals surface area (Å²) in [6.07, 6.45) is 0. The van der Waals surface area contributed by atoms with Gasteiger partial charge in [-0.3, -0.25) is 9.69 Å². The molecule has 1 saturated heterocycles. The van der Waals surface area contributed by atoms with Gasteiger partial charge < -0.3 is 4.90 Å². The molecular formula is C25H25FN2O. The van der Waals surface area contributed by atoms with Crippen molar-refractivity contribution in [2.24, 2.45) is 0 Å². The Labute approximate surface area is 171 Å². The number of hydrogen-bond donors (Lipinski definition) is 0. The minimum Gasteiger partial charge on any atom is -0.336 e. The van der Waals surface area contributed by atoms with E-state index in [-0.39, 0.29) is 17.8 Å². The molecule has 0 spiro atoms. The molecule has 29 heavy (non-hydrogen) atoms. The van der Waals surface area contributed by atoms with Crippen LogP contribution in [0.1, 0.15) is 33.1 Å². The first-order valence-corrected chi connectivity index (χ1v) is 10.0. The molecule has 0 N–H and O–H groups in total. The summed E-state index contributed by atoms with van der Waals surface area (Å²) in [6.45, 7) is 4.90. The fourth-order valence-electron chi connectivity index (χ4n) is 4.04. The van der Waals surface area contributed by atoms with Crippen LogP contribution in [0, 0.1) is 12.7 Å². The van der Waals surface area contributed by atoms with Gasteiger partial charge in [-0.2, -0.15) is 0 Å². The zero-order chi connectivity index (χ0) is 20.2. The van der Waals surface area contributed by atoms with Gasteiger partial charge in [0.05, 0.1) is 6.04 Å². The van der Waals surface area contributed by atoms with E-state index in [4.69, 9.17) is 0 Å². The van der Waals surface area contributed by atoms with Crippen molar-refractivity contribution in [2.45, 2.75) is 13.0 Å². The lowest BCUT2D eigenvalue weighted by atomic mass is 9.96. The van der Waals surface area contributed by atoms with Crippen LogP contribution in [-0.4, -0.2) is 41.9 Å². The smallest absolute Gasteiger partial charge is 0.253 e. The fourth-order valence-corrected chi connectivity index (χ4v) is 4.04. The summed E-state index contributed by atoms with van der Waals surface area (Å²) in [4.78, 5) is 17.2. The molecule has 0 aliphatic carbocycles. The third-order valence-electron chi connectivity index (χ3n) is 5.53. The largest absolute Gasteiger partial charge is 0.336 e. The van der Waals surface area contributed by atoms with Gasteiger partial charge >= 0.3 is 0 Å². The van der Waals surface area contributed by atoms with Gasteiger partial charge in [0.15, 0.2) is 0 Å². The number of piperazine rings is 1. The van der Waals surface area contributed by atoms with Crippen molar-refractivity contribution < 1.29 is 9.18 Å². The molecule has 1 atom stereocenters. The number of carbonyl (C=O) groups is 1. The highest BCUT2D eigenvalue weighted by Gasteiger charge is 2.28. The molecule has 3 nitrogen and oxygen atoms in total. The van der Waals surface area contributed by atoms with Gasteiger partial charge in [-0.1, -0.05) is 60.2 Å². The first kappa shape index (κ1) is 19.3. The molecule has 3 aromatic rings. The van der Waals surface area contributed by atoms with E-state index in [9.17, 15) is 9.18 Å². The summed E-state index contributed by atoms with van der Waals surface area (Å²) in [5.41, 5.74) is 4.08. The molecule has 0 bridgehead atoms. The van der Waals surface area contributed by atoms with Crippen LogP contribution in [0.4, 0.5) is 4.39 Å². The lowest BCUT2D eigenvalue weighted by molar-refractivity contribution is 0.0597. The third kappa shape index (κ3) is 4.38. The summed E-state index contributed by atoms with van der Waals surface area (Å²) in [7, 11) is 0. The zero-order valence-corrected chi connectivity index (χ0v) is 16.6. The summed E-state index contributed by atoms with van der Waals surface area (Å²) in [5, 5.41) is 0. The van der Waals surface area contributed by atoms with Crippen molar-refractivity contribution in [1.29, 1.82) is 0 Å². The first-order valence-electron chi connectivity index (χ1n) is 10.0. The van der Waals surface area contributed by atoms with Crippen LogP contribution in [0.5, 0.6) is 0 Å². The van der Waals surface area contributed by atoms with Crippen molar-refractivity contribution in [1.82, 2.24) is 9.80 Å². The predicted octanol–water partition coefficient (Wildman–Crippen LogP) is 4.68. The second-order valence-electron chi connectivity index (χ2n) is 7.56. The van der Waals surface area contributed by atoms with E-state index in [2.05, 4.69) is 17.0 Å². The molecule has 0 saturated carbocycles. The van der Waals surface area contributed by atoms with E-state index in [1.54, 1.807) is 0 Å². The second kappa shape index (κ2) is 8.58. The number of hydrogen-bond acceptors (Lipinski definition) is 2. The quantitative estimate of drug-likeness (QED) is 0.648. The molecule has 4 rings (SSSR count). The maximum Gasteiger partial charge on any atom is 0.253 e. The monoisotopic (exact) mass is 388 g/mol. The Morgan fingerprint density at radius 2 is 1.48 bits per heavy atom. The molecule has 148 valence electrons. The Kier molecular flexibility index (Phi) is 5.72. The van der Waals surface area contributed by atoms with E-state index in [0.29, 0.717) is 13.1 Å². The molecule has 0 aromatic heterocycles. The Bertz CT molecular complexity index is 964. The van der Waals surface area contributed by atoms with Crippen LogP contribution in [0.3, 0.4) is 0 Å². The average Bonchev–Trinajstić information content (AvgIpc) is 2.76. The SMILES string of the molecule is Cc1cccc(C(=O)N2CCN([C@H](c3ccccc3)c3ccc(F)cc3)CC2)c1. The van der Waals surface area contributed by atoms with Crippen LogP contribution in [0.25, 0.3) is 0 Å². The van der Waals surface area contributed by atoms with E-state index < -0.39 is 0 Å². The number of carbonyl (C=O) groups excluding carboxylic acids is 1. The predicted molar refractivity (Wildman–Crippen MR) is 113 cm³/mol. The van der Waals surface area contributed by atoms with Crippen molar-refractivity contribution in [3.05, 3.63) is 107 Å². The minimum absolute atomic E-state index is 0.0491. The van der Waals surface area contributed by atoms with Crippen LogP contribution in [0.2, 0.25) is 0 Å². The lowest BCUT2D eigenvalue weighted by Crippen LogP contribution is -2.49. The normalized spacial score (nSPS) is 15.9. The molecule has 1 fully saturated rings. The molecule has 1 aliphatic heterocycles. The number of amides is 1. The Morgan fingerprint density at radius 3 is 2.14 bits per heavy atom. The van der Waals surface area contributed by atoms with Gasteiger partial charge in [0.25, 0.3) is 5.91 Å². The first-order chi connectivity index (χ1) is 14.1. The maximum absolute atomic E-state index is 13.5. The maximum atomic E-state index is 13.5. The van der Waals surface area contributed by atoms with Gasteiger partial charge in [-0.05, 0) is 42.3 Å². The van der Waals surface area contributed by atoms with E-state index in [0.717, 1.165) is 29.8 Å². The number of benzene rings is 3. The van der Waals surface area contributed by atoms with Crippen molar-refractivity contribution in [3.63, 3.8) is 0 Å². The van der Waals surface area contributed by atoms with Crippen molar-refractivity contribution in [3.8, 4) is 0 Å². The van der Waals surface area contributed by atoms with Gasteiger partial charge in [-0.15, -0.1) is 0 Å². The number of halogens is 1. The number of aryl methyl sites for hydroxylation is 1. The Morgan fingerprint density at radius 1 is 0.828 bits per heavy atom. The summed E-state index contributed by atoms with van der Waals surface area (Å²) in [6, 6.07) is 24.8. The summed E-state index contributed by atoms with van der Waals surface area (Å²) >= 11 is 0. The van der Waals surface area contributed by atoms with Gasteiger partial charge in [0.2, 0.25) is 0 Å². The lowest BCUT2D eigenvalue weighted by Gasteiger charge is -2.39. The molecule has 1 heterocycles. The van der Waals surface area contributed by atoms with Crippen molar-refractivity contribution in [2.75, 3.05) is 26.2 Å². The summed E-state index contributed by atoms with van der Waals surface area (Å²) < 4.78 is 13.5. The van der Waals surface area contributed by atoms with Gasteiger partial charge in [0, 0.05) is 31.7 Å². The van der Waals surface area contributed by atoms with Crippen LogP contribution in [0.15, 0.2) is 78.9 Å². The molecule has 1 amide bonds. The molecule has 0 unspecified atom stereocenters. The van der Waals surface area contributed by atoms with E-state index in [1.165, 1.54) is 17.7 Å². The standard InChI is InChI=1S/C25H25FN2O/c1-19-6-5-9-22(18-19)25(29)28-16-14-27(15-17-28)24(20-7-3-2-4-8-20)21-10-12-23(26)13-11-21/h2-13,18,24H,14-17H2,1H3/t24-/m1/s1. The highest BCUT2D eigenvalue weighted by Crippen LogP contribution is 2.30. The highest BCUT2D eigenvalue weighted by atomic mass is 19.1. The average molecular weight is 388 g/mol. The third-order valence-corrected chi connectivity index (χ3v) is 5.53. The molecular weight excluding hydrogens is 363 g/mol. The van der Waals surface area contributed by atoms with Gasteiger partial charge in [0.1, 0.15) is 5.82 Å². The van der Waals surface area contributed by atoms with E-state index >= 15 is 0 Å². The number of nitrogens with zero attached hydrogens (tertiary/aromatic N) is 2. The Hall–Kier alpha value is -2.98. The second-order valence-corrected chi connectivity index (χ2v) is 7.56. The van der Waals surface area contributed by atoms with Crippen LogP contribution >= 0.6 is 0 Å². The fraction of sp³-hybridized carbons (Fsp3) is 0.240. The molecule has 4 heteroatoms. The number of rotatable bonds is 4. The molecule has 0 radical (unpaired) electrons. The van der Waals surface area contributed by atoms with Crippen LogP contribution < -0.4 is 0 Å². The van der Waals surface area contributed by atoms with Gasteiger partial charge in [-0.25, -0.2) is 4.39 Å². The molecule has 3 aromatic carbocycles. The summed E-state index contributed by atoms with van der Waals surface area (Å²) in [5.74, 6) is -0.138. The highest BCUT2D eigenvalue weighted by molar-refractivity contribution is 5.94. The molecule has 1 aliphatic rings. The van der Waals surface area contributed by atoms with E-state index in [1.807, 2.05) is 66.4 Å².